The predicted molar refractivity (Wildman–Crippen MR) is 83.9 cm³/mol. The molecule has 132 valence electrons. The molecule has 0 unspecified atom stereocenters. The van der Waals surface area contributed by atoms with Crippen molar-refractivity contribution in [2.45, 2.75) is 6.54 Å². The zero-order valence-corrected chi connectivity index (χ0v) is 13.3. The summed E-state index contributed by atoms with van der Waals surface area (Å²) in [5.41, 5.74) is 0.623. The van der Waals surface area contributed by atoms with E-state index in [1.165, 1.54) is 11.0 Å². The molecule has 0 radical (unpaired) electrons. The molecule has 2 aromatic rings. The highest BCUT2D eigenvalue weighted by Gasteiger charge is 2.23. The van der Waals surface area contributed by atoms with E-state index in [0.717, 1.165) is 30.3 Å². The van der Waals surface area contributed by atoms with Crippen LogP contribution < -0.4 is 0 Å². The minimum absolute atomic E-state index is 0.0217. The van der Waals surface area contributed by atoms with Crippen LogP contribution >= 0.6 is 0 Å². The molecule has 1 aliphatic heterocycles. The Kier molecular flexibility index (Phi) is 5.03. The van der Waals surface area contributed by atoms with Crippen LogP contribution in [-0.4, -0.2) is 41.9 Å². The zero-order valence-electron chi connectivity index (χ0n) is 13.3. The Balaban J connectivity index is 1.59. The number of rotatable bonds is 3. The Bertz CT molecular complexity index is 768. The van der Waals surface area contributed by atoms with E-state index in [4.69, 9.17) is 0 Å². The van der Waals surface area contributed by atoms with Crippen LogP contribution in [0.1, 0.15) is 15.9 Å². The van der Waals surface area contributed by atoms with Gasteiger partial charge in [-0.05, 0) is 29.8 Å². The third-order valence-corrected chi connectivity index (χ3v) is 4.16. The van der Waals surface area contributed by atoms with Crippen molar-refractivity contribution in [3.63, 3.8) is 0 Å². The highest BCUT2D eigenvalue weighted by atomic mass is 19.2. The average Bonchev–Trinajstić information content (AvgIpc) is 2.57. The Morgan fingerprint density at radius 2 is 1.48 bits per heavy atom. The van der Waals surface area contributed by atoms with Crippen LogP contribution in [0.4, 0.5) is 17.6 Å². The number of amides is 1. The predicted octanol–water partition coefficient (Wildman–Crippen LogP) is 3.20. The Morgan fingerprint density at radius 3 is 2.08 bits per heavy atom. The first-order valence-electron chi connectivity index (χ1n) is 7.84. The van der Waals surface area contributed by atoms with Crippen LogP contribution in [0, 0.1) is 23.3 Å². The second kappa shape index (κ2) is 7.23. The van der Waals surface area contributed by atoms with Crippen LogP contribution in [0.25, 0.3) is 0 Å². The number of benzene rings is 2. The molecule has 0 atom stereocenters. The van der Waals surface area contributed by atoms with E-state index in [-0.39, 0.29) is 5.56 Å². The first-order chi connectivity index (χ1) is 11.9. The van der Waals surface area contributed by atoms with E-state index < -0.39 is 29.2 Å². The second-order valence-corrected chi connectivity index (χ2v) is 5.97. The maximum Gasteiger partial charge on any atom is 0.254 e. The lowest BCUT2D eigenvalue weighted by atomic mass is 10.1. The number of piperazine rings is 1. The Hall–Kier alpha value is -2.41. The highest BCUT2D eigenvalue weighted by molar-refractivity contribution is 5.94. The van der Waals surface area contributed by atoms with E-state index in [1.807, 2.05) is 4.90 Å². The maximum absolute atomic E-state index is 13.2. The number of nitrogens with zero attached hydrogens (tertiary/aromatic N) is 2. The number of halogens is 4. The topological polar surface area (TPSA) is 23.6 Å². The van der Waals surface area contributed by atoms with E-state index in [2.05, 4.69) is 0 Å². The van der Waals surface area contributed by atoms with Gasteiger partial charge in [0, 0.05) is 44.4 Å². The van der Waals surface area contributed by atoms with Gasteiger partial charge in [0.2, 0.25) is 0 Å². The highest BCUT2D eigenvalue weighted by Crippen LogP contribution is 2.15. The van der Waals surface area contributed by atoms with Crippen molar-refractivity contribution in [2.24, 2.45) is 0 Å². The quantitative estimate of drug-likeness (QED) is 0.792. The SMILES string of the molecule is O=C(c1cc(F)cc(F)c1)N1CCN(Cc2ccc(F)c(F)c2)CC1. The molecule has 1 aliphatic rings. The lowest BCUT2D eigenvalue weighted by Crippen LogP contribution is -2.48. The van der Waals surface area contributed by atoms with Crippen molar-refractivity contribution >= 4 is 5.91 Å². The maximum atomic E-state index is 13.2. The molecule has 0 aromatic heterocycles. The summed E-state index contributed by atoms with van der Waals surface area (Å²) in [4.78, 5) is 15.9. The van der Waals surface area contributed by atoms with Gasteiger partial charge in [-0.1, -0.05) is 6.07 Å². The van der Waals surface area contributed by atoms with Gasteiger partial charge < -0.3 is 4.90 Å². The van der Waals surface area contributed by atoms with E-state index in [0.29, 0.717) is 38.3 Å². The molecule has 3 nitrogen and oxygen atoms in total. The molecule has 0 aliphatic carbocycles. The summed E-state index contributed by atoms with van der Waals surface area (Å²) in [7, 11) is 0. The summed E-state index contributed by atoms with van der Waals surface area (Å²) >= 11 is 0. The lowest BCUT2D eigenvalue weighted by Gasteiger charge is -2.34. The van der Waals surface area contributed by atoms with Gasteiger partial charge in [0.1, 0.15) is 11.6 Å². The standard InChI is InChI=1S/C18H16F4N2O/c19-14-8-13(9-15(20)10-14)18(25)24-5-3-23(4-6-24)11-12-1-2-16(21)17(22)7-12/h1-2,7-10H,3-6,11H2. The number of carbonyl (C=O) groups excluding carboxylic acids is 1. The largest absolute Gasteiger partial charge is 0.336 e. The van der Waals surface area contributed by atoms with Crippen molar-refractivity contribution in [1.82, 2.24) is 9.80 Å². The molecule has 7 heteroatoms. The van der Waals surface area contributed by atoms with Crippen LogP contribution in [0.2, 0.25) is 0 Å². The van der Waals surface area contributed by atoms with E-state index >= 15 is 0 Å². The van der Waals surface area contributed by atoms with Crippen molar-refractivity contribution in [3.8, 4) is 0 Å². The van der Waals surface area contributed by atoms with E-state index in [9.17, 15) is 22.4 Å². The first kappa shape index (κ1) is 17.4. The van der Waals surface area contributed by atoms with Gasteiger partial charge in [0.05, 0.1) is 0 Å². The number of carbonyl (C=O) groups is 1. The fourth-order valence-corrected chi connectivity index (χ4v) is 2.87. The van der Waals surface area contributed by atoms with Gasteiger partial charge in [-0.3, -0.25) is 9.69 Å². The fraction of sp³-hybridized carbons (Fsp3) is 0.278. The van der Waals surface area contributed by atoms with Crippen LogP contribution in [0.5, 0.6) is 0 Å². The molecule has 1 saturated heterocycles. The second-order valence-electron chi connectivity index (χ2n) is 5.97. The smallest absolute Gasteiger partial charge is 0.254 e. The summed E-state index contributed by atoms with van der Waals surface area (Å²) < 4.78 is 52.7. The van der Waals surface area contributed by atoms with Crippen LogP contribution in [0.3, 0.4) is 0 Å². The van der Waals surface area contributed by atoms with Crippen molar-refractivity contribution in [3.05, 3.63) is 70.8 Å². The summed E-state index contributed by atoms with van der Waals surface area (Å²) in [5.74, 6) is -3.78. The molecule has 1 fully saturated rings. The molecular weight excluding hydrogens is 336 g/mol. The lowest BCUT2D eigenvalue weighted by molar-refractivity contribution is 0.0627. The molecule has 0 N–H and O–H groups in total. The van der Waals surface area contributed by atoms with Gasteiger partial charge in [-0.2, -0.15) is 0 Å². The van der Waals surface area contributed by atoms with Gasteiger partial charge >= 0.3 is 0 Å². The Labute approximate surface area is 142 Å². The number of hydrogen-bond donors (Lipinski definition) is 0. The molecule has 3 rings (SSSR count). The molecule has 0 spiro atoms. The summed E-state index contributed by atoms with van der Waals surface area (Å²) in [6, 6.07) is 6.51. The van der Waals surface area contributed by atoms with Crippen molar-refractivity contribution in [2.75, 3.05) is 26.2 Å². The minimum Gasteiger partial charge on any atom is -0.336 e. The fourth-order valence-electron chi connectivity index (χ4n) is 2.87. The monoisotopic (exact) mass is 352 g/mol. The average molecular weight is 352 g/mol. The minimum atomic E-state index is -0.889. The van der Waals surface area contributed by atoms with Crippen LogP contribution in [0.15, 0.2) is 36.4 Å². The van der Waals surface area contributed by atoms with E-state index in [1.54, 1.807) is 0 Å². The first-order valence-corrected chi connectivity index (χ1v) is 7.84. The summed E-state index contributed by atoms with van der Waals surface area (Å²) in [6.07, 6.45) is 0. The summed E-state index contributed by atoms with van der Waals surface area (Å²) in [5, 5.41) is 0. The Morgan fingerprint density at radius 1 is 0.840 bits per heavy atom. The third-order valence-electron chi connectivity index (χ3n) is 4.16. The molecule has 1 amide bonds. The number of hydrogen-bond acceptors (Lipinski definition) is 2. The van der Waals surface area contributed by atoms with Crippen LogP contribution in [-0.2, 0) is 6.54 Å². The van der Waals surface area contributed by atoms with Gasteiger partial charge in [0.25, 0.3) is 5.91 Å². The molecule has 0 bridgehead atoms. The molecule has 25 heavy (non-hydrogen) atoms. The van der Waals surface area contributed by atoms with Crippen molar-refractivity contribution in [1.29, 1.82) is 0 Å². The molecule has 1 heterocycles. The molecule has 0 saturated carbocycles. The van der Waals surface area contributed by atoms with Gasteiger partial charge in [-0.25, -0.2) is 17.6 Å². The molecular formula is C18H16F4N2O. The van der Waals surface area contributed by atoms with Crippen molar-refractivity contribution < 1.29 is 22.4 Å². The van der Waals surface area contributed by atoms with Gasteiger partial charge in [-0.15, -0.1) is 0 Å². The zero-order chi connectivity index (χ0) is 18.0. The third kappa shape index (κ3) is 4.17. The van der Waals surface area contributed by atoms with Gasteiger partial charge in [0.15, 0.2) is 11.6 Å². The normalized spacial score (nSPS) is 15.4. The summed E-state index contributed by atoms with van der Waals surface area (Å²) in [6.45, 7) is 2.28. The molecule has 2 aromatic carbocycles.